The molecule has 0 aromatic rings. The fraction of sp³-hybridized carbons (Fsp3) is 0.962. The van der Waals surface area contributed by atoms with Crippen LogP contribution in [0.5, 0.6) is 0 Å². The Morgan fingerprint density at radius 1 is 0.629 bits per heavy atom. The highest BCUT2D eigenvalue weighted by Crippen LogP contribution is 2.14. The molecule has 0 aliphatic rings. The summed E-state index contributed by atoms with van der Waals surface area (Å²) < 4.78 is 5.22. The van der Waals surface area contributed by atoms with E-state index < -0.39 is 49.7 Å². The fourth-order valence-corrected chi connectivity index (χ4v) is 3.67. The first kappa shape index (κ1) is 36.3. The van der Waals surface area contributed by atoms with E-state index in [0.29, 0.717) is 13.0 Å². The van der Waals surface area contributed by atoms with E-state index in [-0.39, 0.29) is 0 Å². The third-order valence-electron chi connectivity index (χ3n) is 5.98. The number of carboxylic acid groups (broad SMARTS) is 1. The first-order valence-electron chi connectivity index (χ1n) is 13.5. The van der Waals surface area contributed by atoms with E-state index >= 15 is 0 Å². The molecule has 7 N–H and O–H groups in total. The lowest BCUT2D eigenvalue weighted by atomic mass is 10.0. The van der Waals surface area contributed by atoms with E-state index in [9.17, 15) is 4.79 Å². The van der Waals surface area contributed by atoms with Crippen LogP contribution in [0.1, 0.15) is 110 Å². The van der Waals surface area contributed by atoms with Gasteiger partial charge in [-0.15, -0.1) is 0 Å². The zero-order chi connectivity index (χ0) is 26.9. The van der Waals surface area contributed by atoms with Crippen LogP contribution in [-0.4, -0.2) is 92.1 Å². The lowest BCUT2D eigenvalue weighted by Gasteiger charge is -2.24. The summed E-state index contributed by atoms with van der Waals surface area (Å²) in [6.07, 6.45) is 12.2. The Morgan fingerprint density at radius 3 is 1.26 bits per heavy atom. The number of aliphatic hydroxyl groups excluding tert-OH is 6. The molecule has 0 aromatic carbocycles. The molecule has 5 atom stereocenters. The van der Waals surface area contributed by atoms with Gasteiger partial charge >= 0.3 is 5.97 Å². The van der Waals surface area contributed by atoms with Gasteiger partial charge in [0.15, 0.2) is 6.10 Å². The Balaban J connectivity index is 0. The SMILES string of the molecule is CCCCCCCCCCCCCCCCC(OCC)C(=O)O.OCC(O)C(O)C(O)C(O)CO. The van der Waals surface area contributed by atoms with Gasteiger partial charge in [-0.2, -0.15) is 0 Å². The number of ether oxygens (including phenoxy) is 1. The molecule has 0 aromatic heterocycles. The Labute approximate surface area is 212 Å². The van der Waals surface area contributed by atoms with Gasteiger partial charge in [0.2, 0.25) is 0 Å². The molecule has 0 saturated heterocycles. The van der Waals surface area contributed by atoms with Crippen LogP contribution >= 0.6 is 0 Å². The summed E-state index contributed by atoms with van der Waals surface area (Å²) in [7, 11) is 0. The van der Waals surface area contributed by atoms with Gasteiger partial charge in [-0.25, -0.2) is 4.79 Å². The Kier molecular flexibility index (Phi) is 27.3. The smallest absolute Gasteiger partial charge is 0.332 e. The largest absolute Gasteiger partial charge is 0.479 e. The van der Waals surface area contributed by atoms with Gasteiger partial charge in [0.05, 0.1) is 13.2 Å². The Morgan fingerprint density at radius 2 is 0.971 bits per heavy atom. The minimum Gasteiger partial charge on any atom is -0.479 e. The van der Waals surface area contributed by atoms with Gasteiger partial charge < -0.3 is 40.5 Å². The number of aliphatic hydroxyl groups is 6. The highest BCUT2D eigenvalue weighted by Gasteiger charge is 2.29. The van der Waals surface area contributed by atoms with E-state index in [4.69, 9.17) is 40.5 Å². The van der Waals surface area contributed by atoms with Crippen molar-refractivity contribution in [3.8, 4) is 0 Å². The number of hydrogen-bond donors (Lipinski definition) is 7. The highest BCUT2D eigenvalue weighted by molar-refractivity contribution is 5.72. The summed E-state index contributed by atoms with van der Waals surface area (Å²) in [4.78, 5) is 10.9. The number of aliphatic carboxylic acids is 1. The minimum atomic E-state index is -1.67. The lowest BCUT2D eigenvalue weighted by Crippen LogP contribution is -2.46. The second-order valence-corrected chi connectivity index (χ2v) is 9.15. The van der Waals surface area contributed by atoms with E-state index in [1.807, 2.05) is 6.92 Å². The summed E-state index contributed by atoms with van der Waals surface area (Å²) in [5.41, 5.74) is 0. The molecule has 0 rings (SSSR count). The van der Waals surface area contributed by atoms with Gasteiger partial charge in [-0.1, -0.05) is 96.8 Å². The molecule has 0 amide bonds. The van der Waals surface area contributed by atoms with Gasteiger partial charge in [-0.3, -0.25) is 0 Å². The molecular formula is C26H54O9. The van der Waals surface area contributed by atoms with Crippen LogP contribution in [0.3, 0.4) is 0 Å². The maximum absolute atomic E-state index is 10.9. The molecule has 35 heavy (non-hydrogen) atoms. The number of carboxylic acids is 1. The van der Waals surface area contributed by atoms with Crippen molar-refractivity contribution >= 4 is 5.97 Å². The van der Waals surface area contributed by atoms with Crippen molar-refractivity contribution in [1.82, 2.24) is 0 Å². The maximum atomic E-state index is 10.9. The van der Waals surface area contributed by atoms with Crippen LogP contribution in [0.15, 0.2) is 0 Å². The molecule has 0 aliphatic carbocycles. The summed E-state index contributed by atoms with van der Waals surface area (Å²) in [6, 6.07) is 0. The Bertz CT molecular complexity index is 437. The number of unbranched alkanes of at least 4 members (excludes halogenated alkanes) is 13. The Hall–Kier alpha value is -0.810. The number of rotatable bonds is 23. The minimum absolute atomic E-state index is 0.482. The molecule has 0 aliphatic heterocycles. The first-order chi connectivity index (χ1) is 16.8. The second kappa shape index (κ2) is 26.3. The zero-order valence-corrected chi connectivity index (χ0v) is 22.1. The van der Waals surface area contributed by atoms with Crippen molar-refractivity contribution in [3.05, 3.63) is 0 Å². The summed E-state index contributed by atoms with van der Waals surface area (Å²) in [6.45, 7) is 3.15. The molecular weight excluding hydrogens is 456 g/mol. The van der Waals surface area contributed by atoms with E-state index in [0.717, 1.165) is 12.8 Å². The second-order valence-electron chi connectivity index (χ2n) is 9.15. The topological polar surface area (TPSA) is 168 Å². The quantitative estimate of drug-likeness (QED) is 0.102. The van der Waals surface area contributed by atoms with Crippen LogP contribution in [0.2, 0.25) is 0 Å². The number of carbonyl (C=O) groups is 1. The normalized spacial score (nSPS) is 15.5. The van der Waals surface area contributed by atoms with Crippen LogP contribution < -0.4 is 0 Å². The molecule has 0 heterocycles. The predicted molar refractivity (Wildman–Crippen MR) is 136 cm³/mol. The summed E-state index contributed by atoms with van der Waals surface area (Å²) >= 11 is 0. The molecule has 0 spiro atoms. The highest BCUT2D eigenvalue weighted by atomic mass is 16.5. The van der Waals surface area contributed by atoms with Crippen molar-refractivity contribution in [2.24, 2.45) is 0 Å². The molecule has 5 unspecified atom stereocenters. The third-order valence-corrected chi connectivity index (χ3v) is 5.98. The van der Waals surface area contributed by atoms with Gasteiger partial charge in [0.1, 0.15) is 24.4 Å². The monoisotopic (exact) mass is 510 g/mol. The first-order valence-corrected chi connectivity index (χ1v) is 13.5. The van der Waals surface area contributed by atoms with Crippen LogP contribution in [0.25, 0.3) is 0 Å². The van der Waals surface area contributed by atoms with Crippen molar-refractivity contribution in [1.29, 1.82) is 0 Å². The summed E-state index contributed by atoms with van der Waals surface area (Å²) in [5.74, 6) is -0.818. The molecule has 0 radical (unpaired) electrons. The maximum Gasteiger partial charge on any atom is 0.332 e. The fourth-order valence-electron chi connectivity index (χ4n) is 3.67. The molecule has 0 saturated carbocycles. The van der Waals surface area contributed by atoms with Gasteiger partial charge in [-0.05, 0) is 13.3 Å². The van der Waals surface area contributed by atoms with Gasteiger partial charge in [0.25, 0.3) is 0 Å². The molecule has 0 fully saturated rings. The van der Waals surface area contributed by atoms with Crippen LogP contribution in [0.4, 0.5) is 0 Å². The van der Waals surface area contributed by atoms with Crippen molar-refractivity contribution in [2.75, 3.05) is 19.8 Å². The predicted octanol–water partition coefficient (Wildman–Crippen LogP) is 2.76. The van der Waals surface area contributed by atoms with Crippen molar-refractivity contribution < 1.29 is 45.3 Å². The average molecular weight is 511 g/mol. The van der Waals surface area contributed by atoms with Crippen LogP contribution in [0, 0.1) is 0 Å². The zero-order valence-electron chi connectivity index (χ0n) is 22.1. The molecule has 212 valence electrons. The molecule has 9 heteroatoms. The third kappa shape index (κ3) is 22.1. The standard InChI is InChI=1S/C20H40O3.C6H14O6/c1-3-5-6-7-8-9-10-11-12-13-14-15-16-17-18-19(20(21)22)23-4-2;7-1-3(9)5(11)6(12)4(10)2-8/h19H,3-18H2,1-2H3,(H,21,22);3-12H,1-2H2. The lowest BCUT2D eigenvalue weighted by molar-refractivity contribution is -0.150. The van der Waals surface area contributed by atoms with Crippen molar-refractivity contribution in [3.63, 3.8) is 0 Å². The van der Waals surface area contributed by atoms with Crippen molar-refractivity contribution in [2.45, 2.75) is 141 Å². The molecule has 9 nitrogen and oxygen atoms in total. The van der Waals surface area contributed by atoms with Gasteiger partial charge in [0, 0.05) is 6.61 Å². The van der Waals surface area contributed by atoms with E-state index in [1.165, 1.54) is 77.0 Å². The number of hydrogen-bond acceptors (Lipinski definition) is 8. The van der Waals surface area contributed by atoms with Crippen LogP contribution in [-0.2, 0) is 9.53 Å². The average Bonchev–Trinajstić information content (AvgIpc) is 2.86. The summed E-state index contributed by atoms with van der Waals surface area (Å²) in [5, 5.41) is 61.2. The molecule has 0 bridgehead atoms. The van der Waals surface area contributed by atoms with E-state index in [2.05, 4.69) is 6.92 Å². The van der Waals surface area contributed by atoms with E-state index in [1.54, 1.807) is 0 Å².